The number of nitrogens with one attached hydrogen (secondary N) is 1. The van der Waals surface area contributed by atoms with Crippen molar-refractivity contribution in [3.05, 3.63) is 85.1 Å². The predicted molar refractivity (Wildman–Crippen MR) is 161 cm³/mol. The van der Waals surface area contributed by atoms with Gasteiger partial charge in [-0.2, -0.15) is 0 Å². The highest BCUT2D eigenvalue weighted by atomic mass is 16.5. The fraction of sp³-hybridized carbons (Fsp3) is 0.485. The minimum absolute atomic E-state index is 0.0639. The molecule has 1 heterocycles. The number of likely N-dealkylation sites (tertiary alicyclic amines) is 1. The Balaban J connectivity index is 2.03. The number of ether oxygens (including phenoxy) is 1. The van der Waals surface area contributed by atoms with E-state index in [4.69, 9.17) is 0 Å². The number of methoxy groups -OCH3 is 1. The Morgan fingerprint density at radius 1 is 0.744 bits per heavy atom. The highest BCUT2D eigenvalue weighted by Crippen LogP contribution is 2.16. The molecular weight excluding hydrogens is 488 g/mol. The Hall–Kier alpha value is -3.41. The van der Waals surface area contributed by atoms with Crippen LogP contribution in [-0.4, -0.2) is 49.4 Å². The van der Waals surface area contributed by atoms with E-state index in [0.29, 0.717) is 32.0 Å². The maximum Gasteiger partial charge on any atom is 0.330 e. The lowest BCUT2D eigenvalue weighted by Crippen LogP contribution is -2.41. The highest BCUT2D eigenvalue weighted by Gasteiger charge is 2.22. The molecule has 2 amide bonds. The molecule has 1 saturated heterocycles. The second-order valence-corrected chi connectivity index (χ2v) is 9.38. The van der Waals surface area contributed by atoms with E-state index in [0.717, 1.165) is 63.9 Å². The van der Waals surface area contributed by atoms with Gasteiger partial charge in [-0.25, -0.2) is 4.79 Å². The van der Waals surface area contributed by atoms with Gasteiger partial charge in [-0.15, -0.1) is 0 Å². The molecule has 214 valence electrons. The summed E-state index contributed by atoms with van der Waals surface area (Å²) in [6.45, 7) is 4.05. The minimum Gasteiger partial charge on any atom is -0.466 e. The molecule has 0 spiro atoms. The van der Waals surface area contributed by atoms with Crippen molar-refractivity contribution in [2.75, 3.05) is 26.7 Å². The molecule has 0 aromatic rings. The number of amides is 2. The molecule has 1 aliphatic rings. The van der Waals surface area contributed by atoms with Crippen LogP contribution in [-0.2, 0) is 19.1 Å². The van der Waals surface area contributed by atoms with E-state index in [1.165, 1.54) is 13.2 Å². The van der Waals surface area contributed by atoms with Crippen molar-refractivity contribution in [3.63, 3.8) is 0 Å². The third-order valence-corrected chi connectivity index (χ3v) is 6.21. The van der Waals surface area contributed by atoms with Crippen LogP contribution in [0, 0.1) is 5.92 Å². The third kappa shape index (κ3) is 19.3. The molecule has 0 aromatic carbocycles. The topological polar surface area (TPSA) is 75.7 Å². The molecule has 0 aromatic heterocycles. The second kappa shape index (κ2) is 23.7. The lowest BCUT2D eigenvalue weighted by molar-refractivity contribution is -0.135. The van der Waals surface area contributed by atoms with Gasteiger partial charge < -0.3 is 15.0 Å². The van der Waals surface area contributed by atoms with Gasteiger partial charge >= 0.3 is 5.97 Å². The van der Waals surface area contributed by atoms with Crippen LogP contribution in [0.4, 0.5) is 0 Å². The van der Waals surface area contributed by atoms with E-state index in [1.807, 2.05) is 0 Å². The molecule has 0 atom stereocenters. The maximum atomic E-state index is 12.1. The summed E-state index contributed by atoms with van der Waals surface area (Å²) in [7, 11) is 1.28. The first-order chi connectivity index (χ1) is 19.1. The summed E-state index contributed by atoms with van der Waals surface area (Å²) in [5, 5.41) is 3.02. The fourth-order valence-electron chi connectivity index (χ4n) is 3.87. The molecule has 6 heteroatoms. The molecular formula is C33H48N2O4. The zero-order valence-electron chi connectivity index (χ0n) is 23.9. The van der Waals surface area contributed by atoms with Gasteiger partial charge in [-0.1, -0.05) is 79.8 Å². The highest BCUT2D eigenvalue weighted by molar-refractivity contribution is 5.94. The van der Waals surface area contributed by atoms with Crippen LogP contribution in [0.5, 0.6) is 0 Å². The number of piperidine rings is 1. The van der Waals surface area contributed by atoms with Crippen molar-refractivity contribution >= 4 is 17.8 Å². The largest absolute Gasteiger partial charge is 0.466 e. The maximum absolute atomic E-state index is 12.1. The quantitative estimate of drug-likeness (QED) is 0.122. The third-order valence-electron chi connectivity index (χ3n) is 6.21. The van der Waals surface area contributed by atoms with Crippen molar-refractivity contribution in [1.29, 1.82) is 0 Å². The van der Waals surface area contributed by atoms with Crippen molar-refractivity contribution in [1.82, 2.24) is 10.2 Å². The van der Waals surface area contributed by atoms with Gasteiger partial charge in [0.2, 0.25) is 11.8 Å². The van der Waals surface area contributed by atoms with E-state index in [2.05, 4.69) is 89.9 Å². The Morgan fingerprint density at radius 2 is 1.23 bits per heavy atom. The first-order valence-electron chi connectivity index (χ1n) is 14.3. The monoisotopic (exact) mass is 536 g/mol. The molecule has 0 bridgehead atoms. The molecule has 0 saturated carbocycles. The minimum atomic E-state index is -0.537. The number of esters is 1. The average Bonchev–Trinajstić information content (AvgIpc) is 2.96. The zero-order valence-corrected chi connectivity index (χ0v) is 23.9. The lowest BCUT2D eigenvalue weighted by atomic mass is 9.96. The van der Waals surface area contributed by atoms with Crippen LogP contribution in [0.1, 0.15) is 71.1 Å². The second-order valence-electron chi connectivity index (χ2n) is 9.38. The van der Waals surface area contributed by atoms with Crippen LogP contribution in [0.2, 0.25) is 0 Å². The lowest BCUT2D eigenvalue weighted by Gasteiger charge is -2.31. The van der Waals surface area contributed by atoms with Gasteiger partial charge in [0.1, 0.15) is 0 Å². The first-order valence-corrected chi connectivity index (χ1v) is 14.3. The van der Waals surface area contributed by atoms with Crippen LogP contribution in [0.25, 0.3) is 0 Å². The Morgan fingerprint density at radius 3 is 1.72 bits per heavy atom. The van der Waals surface area contributed by atoms with Crippen molar-refractivity contribution < 1.29 is 19.1 Å². The van der Waals surface area contributed by atoms with Crippen LogP contribution < -0.4 is 5.32 Å². The fourth-order valence-corrected chi connectivity index (χ4v) is 3.87. The van der Waals surface area contributed by atoms with E-state index in [-0.39, 0.29) is 11.8 Å². The van der Waals surface area contributed by atoms with E-state index in [9.17, 15) is 14.4 Å². The van der Waals surface area contributed by atoms with E-state index < -0.39 is 5.97 Å². The number of carbonyl (C=O) groups is 3. The SMILES string of the molecule is CCC=CCC=CCC=CCC=CCC=CCC=CCCC(=O)NCC1CCN(C(=O)C=CC(=O)OC)CC1. The number of carbonyl (C=O) groups excluding carboxylic acids is 3. The molecule has 1 rings (SSSR count). The normalized spacial score (nSPS) is 15.4. The number of hydrogen-bond donors (Lipinski definition) is 1. The van der Waals surface area contributed by atoms with Crippen molar-refractivity contribution in [2.24, 2.45) is 5.92 Å². The Labute approximate surface area is 235 Å². The van der Waals surface area contributed by atoms with Gasteiger partial charge in [0.15, 0.2) is 0 Å². The van der Waals surface area contributed by atoms with Crippen LogP contribution in [0.15, 0.2) is 85.1 Å². The van der Waals surface area contributed by atoms with Gasteiger partial charge in [-0.05, 0) is 63.7 Å². The molecule has 6 nitrogen and oxygen atoms in total. The van der Waals surface area contributed by atoms with Gasteiger partial charge in [0.25, 0.3) is 0 Å². The predicted octanol–water partition coefficient (Wildman–Crippen LogP) is 6.55. The van der Waals surface area contributed by atoms with Crippen molar-refractivity contribution in [3.8, 4) is 0 Å². The van der Waals surface area contributed by atoms with E-state index >= 15 is 0 Å². The van der Waals surface area contributed by atoms with Gasteiger partial charge in [-0.3, -0.25) is 9.59 Å². The molecule has 1 N–H and O–H groups in total. The summed E-state index contributed by atoms with van der Waals surface area (Å²) in [4.78, 5) is 37.0. The summed E-state index contributed by atoms with van der Waals surface area (Å²) >= 11 is 0. The molecule has 39 heavy (non-hydrogen) atoms. The van der Waals surface area contributed by atoms with Crippen molar-refractivity contribution in [2.45, 2.75) is 71.1 Å². The Kier molecular flexibility index (Phi) is 20.4. The smallest absolute Gasteiger partial charge is 0.330 e. The molecule has 0 radical (unpaired) electrons. The average molecular weight is 537 g/mol. The number of nitrogens with zero attached hydrogens (tertiary/aromatic N) is 1. The van der Waals surface area contributed by atoms with Gasteiger partial charge in [0.05, 0.1) is 7.11 Å². The molecule has 0 aliphatic carbocycles. The number of allylic oxidation sites excluding steroid dienone is 12. The molecule has 1 fully saturated rings. The summed E-state index contributed by atoms with van der Waals surface area (Å²) in [5.74, 6) is -0.285. The Bertz CT molecular complexity index is 901. The summed E-state index contributed by atoms with van der Waals surface area (Å²) in [6, 6.07) is 0. The zero-order chi connectivity index (χ0) is 28.4. The summed E-state index contributed by atoms with van der Waals surface area (Å²) < 4.78 is 4.50. The molecule has 0 unspecified atom stereocenters. The number of rotatable bonds is 18. The standard InChI is InChI=1S/C33H48N2O4/c1-3-4-5-6-7-8-9-10-11-12-13-14-15-16-17-18-19-20-21-22-31(36)34-29-30-25-27-35(28-26-30)32(37)23-24-33(38)39-2/h4-5,7-8,10-11,13-14,16-17,19-20,23-24,30H,3,6,9,12,15,18,21-22,25-29H2,1-2H3,(H,34,36). The number of hydrogen-bond acceptors (Lipinski definition) is 4. The first kappa shape index (κ1) is 33.6. The summed E-state index contributed by atoms with van der Waals surface area (Å²) in [6.07, 6.45) is 37.2. The van der Waals surface area contributed by atoms with Gasteiger partial charge in [0, 0.05) is 38.2 Å². The van der Waals surface area contributed by atoms with Crippen LogP contribution in [0.3, 0.4) is 0 Å². The molecule has 1 aliphatic heterocycles. The summed E-state index contributed by atoms with van der Waals surface area (Å²) in [5.41, 5.74) is 0. The van der Waals surface area contributed by atoms with E-state index in [1.54, 1.807) is 4.90 Å². The van der Waals surface area contributed by atoms with Crippen LogP contribution >= 0.6 is 0 Å².